The molecule has 0 amide bonds. The Kier molecular flexibility index (Phi) is 2.83. The van der Waals surface area contributed by atoms with E-state index in [1.165, 1.54) is 4.68 Å². The smallest absolute Gasteiger partial charge is 0.217 e. The van der Waals surface area contributed by atoms with Crippen molar-refractivity contribution in [1.82, 2.24) is 14.8 Å². The highest BCUT2D eigenvalue weighted by Gasteiger charge is 2.39. The summed E-state index contributed by atoms with van der Waals surface area (Å²) in [5, 5.41) is 13.5. The Morgan fingerprint density at radius 1 is 1.36 bits per heavy atom. The topological polar surface area (TPSA) is 71.6 Å². The van der Waals surface area contributed by atoms with Gasteiger partial charge in [0.15, 0.2) is 12.0 Å². The number of fused-ring (bicyclic) bond motifs is 1. The van der Waals surface area contributed by atoms with Crippen LogP contribution >= 0.6 is 0 Å². The molecule has 110 valence electrons. The first-order chi connectivity index (χ1) is 10.7. The lowest BCUT2D eigenvalue weighted by Crippen LogP contribution is -2.11. The van der Waals surface area contributed by atoms with Gasteiger partial charge in [-0.05, 0) is 24.5 Å². The molecule has 2 heterocycles. The van der Waals surface area contributed by atoms with Gasteiger partial charge in [0.2, 0.25) is 11.6 Å². The molecule has 0 spiro atoms. The maximum Gasteiger partial charge on any atom is 0.217 e. The van der Waals surface area contributed by atoms with Crippen LogP contribution in [0.1, 0.15) is 59.0 Å². The van der Waals surface area contributed by atoms with E-state index in [9.17, 15) is 14.4 Å². The summed E-state index contributed by atoms with van der Waals surface area (Å²) >= 11 is 0. The number of Topliss-reactive ketones (excluding diaryl/α,β-unsaturated/α-hetero) is 1. The summed E-state index contributed by atoms with van der Waals surface area (Å²) in [6.45, 7) is 0. The largest absolute Gasteiger partial charge is 0.290 e. The second-order valence-electron chi connectivity index (χ2n) is 5.79. The van der Waals surface area contributed by atoms with Gasteiger partial charge in [0, 0.05) is 12.3 Å². The van der Waals surface area contributed by atoms with E-state index >= 15 is 0 Å². The van der Waals surface area contributed by atoms with Crippen LogP contribution in [0.3, 0.4) is 0 Å². The van der Waals surface area contributed by atoms with Crippen molar-refractivity contribution in [3.05, 3.63) is 47.0 Å². The lowest BCUT2D eigenvalue weighted by Gasteiger charge is -2.13. The van der Waals surface area contributed by atoms with Gasteiger partial charge in [0.25, 0.3) is 0 Å². The number of nitrogens with zero attached hydrogens (tertiary/aromatic N) is 4. The number of aromatic nitrogens is 3. The Balaban J connectivity index is 1.76. The minimum absolute atomic E-state index is 0.00559. The molecule has 22 heavy (non-hydrogen) atoms. The Hall–Kier alpha value is -2.55. The van der Waals surface area contributed by atoms with Crippen LogP contribution in [0.25, 0.3) is 0 Å². The van der Waals surface area contributed by atoms with Crippen LogP contribution in [-0.2, 0) is 0 Å². The number of hydrogen-bond acceptors (Lipinski definition) is 4. The van der Waals surface area contributed by atoms with Crippen molar-refractivity contribution in [3.8, 4) is 6.07 Å². The molecule has 4 rings (SSSR count). The van der Waals surface area contributed by atoms with E-state index in [2.05, 4.69) is 16.2 Å². The Labute approximate surface area is 126 Å². The van der Waals surface area contributed by atoms with Crippen molar-refractivity contribution in [2.45, 2.75) is 31.5 Å². The molecule has 1 aromatic heterocycles. The molecule has 2 aromatic rings. The number of carbonyl (C=O) groups is 1. The lowest BCUT2D eigenvalue weighted by molar-refractivity contribution is 0.0956. The zero-order valence-corrected chi connectivity index (χ0v) is 11.7. The molecule has 1 fully saturated rings. The first-order valence-electron chi connectivity index (χ1n) is 7.32. The number of rotatable bonds is 3. The van der Waals surface area contributed by atoms with Crippen molar-refractivity contribution < 1.29 is 9.18 Å². The molecular weight excluding hydrogens is 283 g/mol. The molecule has 0 unspecified atom stereocenters. The molecule has 2 atom stereocenters. The molecule has 0 bridgehead atoms. The molecule has 1 aromatic carbocycles. The van der Waals surface area contributed by atoms with Crippen LogP contribution in [0.5, 0.6) is 0 Å². The molecule has 0 N–H and O–H groups in total. The number of nitriles is 1. The van der Waals surface area contributed by atoms with Gasteiger partial charge in [-0.3, -0.25) is 4.79 Å². The average Bonchev–Trinajstić information content (AvgIpc) is 3.22. The fraction of sp³-hybridized carbons (Fsp3) is 0.375. The van der Waals surface area contributed by atoms with Crippen LogP contribution in [-0.4, -0.2) is 20.5 Å². The first kappa shape index (κ1) is 13.1. The van der Waals surface area contributed by atoms with Crippen LogP contribution < -0.4 is 0 Å². The van der Waals surface area contributed by atoms with Crippen LogP contribution in [0.15, 0.2) is 24.3 Å². The third-order valence-corrected chi connectivity index (χ3v) is 4.27. The maximum absolute atomic E-state index is 14.3. The normalized spacial score (nSPS) is 23.1. The zero-order valence-electron chi connectivity index (χ0n) is 11.7. The highest BCUT2D eigenvalue weighted by Crippen LogP contribution is 2.41. The summed E-state index contributed by atoms with van der Waals surface area (Å²) in [6, 6.07) is 8.83. The Morgan fingerprint density at radius 2 is 2.14 bits per heavy atom. The Bertz CT molecular complexity index is 803. The van der Waals surface area contributed by atoms with Gasteiger partial charge in [-0.25, -0.2) is 14.1 Å². The van der Waals surface area contributed by atoms with E-state index in [1.54, 1.807) is 18.2 Å². The summed E-state index contributed by atoms with van der Waals surface area (Å²) in [6.07, 6.45) is 0.668. The number of carbonyl (C=O) groups excluding carboxylic acids is 1. The van der Waals surface area contributed by atoms with E-state index in [-0.39, 0.29) is 35.8 Å². The summed E-state index contributed by atoms with van der Waals surface area (Å²) in [7, 11) is 0. The first-order valence-corrected chi connectivity index (χ1v) is 7.32. The number of ketones is 1. The van der Waals surface area contributed by atoms with E-state index in [4.69, 9.17) is 0 Å². The van der Waals surface area contributed by atoms with Crippen molar-refractivity contribution in [2.24, 2.45) is 5.92 Å². The monoisotopic (exact) mass is 296 g/mol. The van der Waals surface area contributed by atoms with Crippen LogP contribution in [0, 0.1) is 17.2 Å². The van der Waals surface area contributed by atoms with Gasteiger partial charge in [0.1, 0.15) is 0 Å². The van der Waals surface area contributed by atoms with E-state index < -0.39 is 6.17 Å². The second kappa shape index (κ2) is 4.73. The number of halogens is 1. The molecule has 0 saturated heterocycles. The number of hydrogen-bond donors (Lipinski definition) is 0. The fourth-order valence-corrected chi connectivity index (χ4v) is 2.96. The van der Waals surface area contributed by atoms with Gasteiger partial charge in [-0.15, -0.1) is 5.10 Å². The predicted octanol–water partition coefficient (Wildman–Crippen LogP) is 2.75. The summed E-state index contributed by atoms with van der Waals surface area (Å²) in [5.41, 5.74) is 1.22. The maximum atomic E-state index is 14.3. The number of benzene rings is 1. The van der Waals surface area contributed by atoms with Gasteiger partial charge in [-0.2, -0.15) is 5.26 Å². The molecule has 1 saturated carbocycles. The SMILES string of the molecule is N#Cc1ccccc1[C@@H]1C[C@H](F)c2nc(C(=O)C3CC3)nn21. The van der Waals surface area contributed by atoms with Crippen molar-refractivity contribution in [2.75, 3.05) is 0 Å². The summed E-state index contributed by atoms with van der Waals surface area (Å²) < 4.78 is 15.7. The molecule has 6 heteroatoms. The van der Waals surface area contributed by atoms with E-state index in [0.29, 0.717) is 5.56 Å². The average molecular weight is 296 g/mol. The fourth-order valence-electron chi connectivity index (χ4n) is 2.96. The van der Waals surface area contributed by atoms with Crippen LogP contribution in [0.4, 0.5) is 4.39 Å². The van der Waals surface area contributed by atoms with Gasteiger partial charge in [0.05, 0.1) is 17.7 Å². The highest BCUT2D eigenvalue weighted by atomic mass is 19.1. The van der Waals surface area contributed by atoms with Gasteiger partial charge < -0.3 is 0 Å². The standard InChI is InChI=1S/C16H13FN4O/c17-12-7-13(11-4-2-1-3-10(11)8-18)21-16(12)19-15(20-21)14(22)9-5-6-9/h1-4,9,12-13H,5-7H2/t12-,13-/m0/s1. The second-order valence-corrected chi connectivity index (χ2v) is 5.79. The minimum atomic E-state index is -1.26. The molecule has 0 radical (unpaired) electrons. The lowest BCUT2D eigenvalue weighted by atomic mass is 9.99. The molecular formula is C16H13FN4O. The van der Waals surface area contributed by atoms with Gasteiger partial charge >= 0.3 is 0 Å². The third-order valence-electron chi connectivity index (χ3n) is 4.27. The zero-order chi connectivity index (χ0) is 15.3. The predicted molar refractivity (Wildman–Crippen MR) is 74.8 cm³/mol. The Morgan fingerprint density at radius 3 is 2.86 bits per heavy atom. The van der Waals surface area contributed by atoms with Crippen molar-refractivity contribution >= 4 is 5.78 Å². The van der Waals surface area contributed by atoms with E-state index in [1.807, 2.05) is 6.07 Å². The molecule has 5 nitrogen and oxygen atoms in total. The quantitative estimate of drug-likeness (QED) is 0.816. The van der Waals surface area contributed by atoms with Crippen molar-refractivity contribution in [3.63, 3.8) is 0 Å². The van der Waals surface area contributed by atoms with E-state index in [0.717, 1.165) is 18.4 Å². The summed E-state index contributed by atoms with van der Waals surface area (Å²) in [4.78, 5) is 16.2. The molecule has 1 aliphatic carbocycles. The van der Waals surface area contributed by atoms with Crippen molar-refractivity contribution in [1.29, 1.82) is 5.26 Å². The highest BCUT2D eigenvalue weighted by molar-refractivity contribution is 5.95. The minimum Gasteiger partial charge on any atom is -0.290 e. The number of alkyl halides is 1. The molecule has 1 aliphatic heterocycles. The third kappa shape index (κ3) is 1.93. The molecule has 2 aliphatic rings. The summed E-state index contributed by atoms with van der Waals surface area (Å²) in [5.74, 6) is 0.216. The van der Waals surface area contributed by atoms with Gasteiger partial charge in [-0.1, -0.05) is 18.2 Å². The van der Waals surface area contributed by atoms with Crippen LogP contribution in [0.2, 0.25) is 0 Å².